The predicted octanol–water partition coefficient (Wildman–Crippen LogP) is 4.32. The monoisotopic (exact) mass is 288 g/mol. The third-order valence-corrected chi connectivity index (χ3v) is 4.39. The van der Waals surface area contributed by atoms with E-state index in [9.17, 15) is 0 Å². The summed E-state index contributed by atoms with van der Waals surface area (Å²) in [4.78, 5) is 4.61. The molecular weight excluding hydrogens is 276 g/mol. The summed E-state index contributed by atoms with van der Waals surface area (Å²) < 4.78 is 1.18. The Kier molecular flexibility index (Phi) is 3.40. The third-order valence-electron chi connectivity index (χ3n) is 3.06. The fourth-order valence-electron chi connectivity index (χ4n) is 2.06. The smallest absolute Gasteiger partial charge is 0.0941 e. The standard InChI is InChI=1S/C15H13ClN2S/c16-11-6-7-14-13(9-11)18-15(19-14)8-5-10-3-1-2-4-12(10)17/h1-4,6-7,9H,5,8,17H2. The molecule has 0 bridgehead atoms. The lowest BCUT2D eigenvalue weighted by molar-refractivity contribution is 0.951. The van der Waals surface area contributed by atoms with Gasteiger partial charge in [-0.05, 0) is 36.2 Å². The van der Waals surface area contributed by atoms with Gasteiger partial charge in [0.1, 0.15) is 0 Å². The summed E-state index contributed by atoms with van der Waals surface area (Å²) in [5.74, 6) is 0. The van der Waals surface area contributed by atoms with Crippen molar-refractivity contribution < 1.29 is 0 Å². The van der Waals surface area contributed by atoms with Gasteiger partial charge in [0.2, 0.25) is 0 Å². The molecule has 1 heterocycles. The molecule has 0 spiro atoms. The summed E-state index contributed by atoms with van der Waals surface area (Å²) in [5, 5.41) is 1.86. The van der Waals surface area contributed by atoms with E-state index >= 15 is 0 Å². The molecular formula is C15H13ClN2S. The molecule has 2 N–H and O–H groups in total. The van der Waals surface area contributed by atoms with Crippen molar-refractivity contribution >= 4 is 38.8 Å². The highest BCUT2D eigenvalue weighted by atomic mass is 35.5. The van der Waals surface area contributed by atoms with Crippen LogP contribution in [0.5, 0.6) is 0 Å². The number of para-hydroxylation sites is 1. The second-order valence-electron chi connectivity index (χ2n) is 4.42. The highest BCUT2D eigenvalue weighted by Gasteiger charge is 2.05. The molecule has 0 amide bonds. The number of nitrogens with two attached hydrogens (primary N) is 1. The van der Waals surface area contributed by atoms with Crippen molar-refractivity contribution in [3.05, 3.63) is 58.1 Å². The zero-order chi connectivity index (χ0) is 13.2. The Bertz CT molecular complexity index is 721. The average molecular weight is 289 g/mol. The molecule has 0 saturated heterocycles. The Morgan fingerprint density at radius 3 is 2.79 bits per heavy atom. The molecule has 3 aromatic rings. The van der Waals surface area contributed by atoms with Gasteiger partial charge in [-0.3, -0.25) is 0 Å². The van der Waals surface area contributed by atoms with Crippen LogP contribution in [0.3, 0.4) is 0 Å². The van der Waals surface area contributed by atoms with Crippen LogP contribution in [0.4, 0.5) is 5.69 Å². The van der Waals surface area contributed by atoms with Gasteiger partial charge in [-0.15, -0.1) is 11.3 Å². The minimum Gasteiger partial charge on any atom is -0.399 e. The van der Waals surface area contributed by atoms with Crippen molar-refractivity contribution in [2.24, 2.45) is 0 Å². The molecule has 2 nitrogen and oxygen atoms in total. The Hall–Kier alpha value is -1.58. The largest absolute Gasteiger partial charge is 0.399 e. The number of anilines is 1. The van der Waals surface area contributed by atoms with E-state index in [2.05, 4.69) is 11.1 Å². The van der Waals surface area contributed by atoms with Crippen LogP contribution in [0.15, 0.2) is 42.5 Å². The van der Waals surface area contributed by atoms with Crippen molar-refractivity contribution in [3.8, 4) is 0 Å². The summed E-state index contributed by atoms with van der Waals surface area (Å²) in [5.41, 5.74) is 8.96. The van der Waals surface area contributed by atoms with E-state index in [1.165, 1.54) is 10.3 Å². The second-order valence-corrected chi connectivity index (χ2v) is 5.97. The molecule has 4 heteroatoms. The Balaban J connectivity index is 1.80. The van der Waals surface area contributed by atoms with Gasteiger partial charge in [0.15, 0.2) is 0 Å². The quantitative estimate of drug-likeness (QED) is 0.729. The number of fused-ring (bicyclic) bond motifs is 1. The van der Waals surface area contributed by atoms with Crippen LogP contribution in [-0.4, -0.2) is 4.98 Å². The molecule has 0 unspecified atom stereocenters. The summed E-state index contributed by atoms with van der Waals surface area (Å²) in [6, 6.07) is 13.8. The summed E-state index contributed by atoms with van der Waals surface area (Å²) in [6.07, 6.45) is 1.82. The molecule has 0 atom stereocenters. The summed E-state index contributed by atoms with van der Waals surface area (Å²) in [6.45, 7) is 0. The average Bonchev–Trinajstić information content (AvgIpc) is 2.79. The number of thiazole rings is 1. The van der Waals surface area contributed by atoms with Crippen molar-refractivity contribution in [2.75, 3.05) is 5.73 Å². The number of aromatic nitrogens is 1. The van der Waals surface area contributed by atoms with Gasteiger partial charge >= 0.3 is 0 Å². The van der Waals surface area contributed by atoms with Crippen LogP contribution in [-0.2, 0) is 12.8 Å². The van der Waals surface area contributed by atoms with Crippen LogP contribution in [0, 0.1) is 0 Å². The first-order valence-corrected chi connectivity index (χ1v) is 7.30. The number of halogens is 1. The van der Waals surface area contributed by atoms with Crippen molar-refractivity contribution in [1.82, 2.24) is 4.98 Å². The molecule has 0 radical (unpaired) electrons. The predicted molar refractivity (Wildman–Crippen MR) is 82.9 cm³/mol. The lowest BCUT2D eigenvalue weighted by Gasteiger charge is -2.02. The number of hydrogen-bond acceptors (Lipinski definition) is 3. The van der Waals surface area contributed by atoms with Crippen LogP contribution < -0.4 is 5.73 Å². The number of benzene rings is 2. The van der Waals surface area contributed by atoms with Gasteiger partial charge in [0.25, 0.3) is 0 Å². The van der Waals surface area contributed by atoms with Crippen molar-refractivity contribution in [2.45, 2.75) is 12.8 Å². The summed E-state index contributed by atoms with van der Waals surface area (Å²) >= 11 is 7.69. The van der Waals surface area contributed by atoms with E-state index in [0.717, 1.165) is 34.1 Å². The first kappa shape index (κ1) is 12.5. The second kappa shape index (κ2) is 5.19. The van der Waals surface area contributed by atoms with Crippen LogP contribution in [0.25, 0.3) is 10.2 Å². The zero-order valence-electron chi connectivity index (χ0n) is 10.3. The molecule has 2 aromatic carbocycles. The fraction of sp³-hybridized carbons (Fsp3) is 0.133. The maximum Gasteiger partial charge on any atom is 0.0941 e. The van der Waals surface area contributed by atoms with Gasteiger partial charge < -0.3 is 5.73 Å². The van der Waals surface area contributed by atoms with E-state index in [4.69, 9.17) is 17.3 Å². The molecule has 0 fully saturated rings. The number of nitrogens with zero attached hydrogens (tertiary/aromatic N) is 1. The molecule has 0 aliphatic heterocycles. The van der Waals surface area contributed by atoms with E-state index < -0.39 is 0 Å². The molecule has 0 aliphatic rings. The first-order chi connectivity index (χ1) is 9.22. The Labute approximate surface area is 120 Å². The van der Waals surface area contributed by atoms with E-state index in [-0.39, 0.29) is 0 Å². The number of nitrogen functional groups attached to an aromatic ring is 1. The van der Waals surface area contributed by atoms with Gasteiger partial charge in [0, 0.05) is 17.1 Å². The highest BCUT2D eigenvalue weighted by molar-refractivity contribution is 7.18. The Morgan fingerprint density at radius 2 is 1.95 bits per heavy atom. The number of rotatable bonds is 3. The fourth-order valence-corrected chi connectivity index (χ4v) is 3.17. The van der Waals surface area contributed by atoms with E-state index in [1.807, 2.05) is 36.4 Å². The SMILES string of the molecule is Nc1ccccc1CCc1nc2cc(Cl)ccc2s1. The molecule has 1 aromatic heterocycles. The minimum atomic E-state index is 0.733. The van der Waals surface area contributed by atoms with Gasteiger partial charge in [0.05, 0.1) is 15.2 Å². The number of hydrogen-bond donors (Lipinski definition) is 1. The minimum absolute atomic E-state index is 0.733. The lowest BCUT2D eigenvalue weighted by atomic mass is 10.1. The maximum absolute atomic E-state index is 5.97. The topological polar surface area (TPSA) is 38.9 Å². The van der Waals surface area contributed by atoms with Gasteiger partial charge in [-0.25, -0.2) is 4.98 Å². The van der Waals surface area contributed by atoms with Gasteiger partial charge in [-0.2, -0.15) is 0 Å². The van der Waals surface area contributed by atoms with Gasteiger partial charge in [-0.1, -0.05) is 29.8 Å². The maximum atomic E-state index is 5.97. The van der Waals surface area contributed by atoms with Crippen LogP contribution in [0.1, 0.15) is 10.6 Å². The van der Waals surface area contributed by atoms with Crippen LogP contribution in [0.2, 0.25) is 5.02 Å². The highest BCUT2D eigenvalue weighted by Crippen LogP contribution is 2.26. The normalized spacial score (nSPS) is 11.0. The van der Waals surface area contributed by atoms with E-state index in [0.29, 0.717) is 0 Å². The first-order valence-electron chi connectivity index (χ1n) is 6.11. The molecule has 96 valence electrons. The molecule has 0 saturated carbocycles. The lowest BCUT2D eigenvalue weighted by Crippen LogP contribution is -1.96. The molecule has 19 heavy (non-hydrogen) atoms. The van der Waals surface area contributed by atoms with Crippen molar-refractivity contribution in [1.29, 1.82) is 0 Å². The number of aryl methyl sites for hydroxylation is 2. The zero-order valence-corrected chi connectivity index (χ0v) is 11.8. The molecule has 0 aliphatic carbocycles. The van der Waals surface area contributed by atoms with E-state index in [1.54, 1.807) is 11.3 Å². The Morgan fingerprint density at radius 1 is 1.11 bits per heavy atom. The van der Waals surface area contributed by atoms with Crippen molar-refractivity contribution in [3.63, 3.8) is 0 Å². The third kappa shape index (κ3) is 2.72. The molecule has 3 rings (SSSR count). The van der Waals surface area contributed by atoms with Crippen LogP contribution >= 0.6 is 22.9 Å². The summed E-state index contributed by atoms with van der Waals surface area (Å²) in [7, 11) is 0.